The summed E-state index contributed by atoms with van der Waals surface area (Å²) in [5, 5.41) is 2.03. The van der Waals surface area contributed by atoms with Crippen molar-refractivity contribution in [3.63, 3.8) is 0 Å². The third-order valence-electron chi connectivity index (χ3n) is 2.96. The zero-order valence-electron chi connectivity index (χ0n) is 10.4. The smallest absolute Gasteiger partial charge is 0.242 e. The van der Waals surface area contributed by atoms with Crippen molar-refractivity contribution in [2.75, 3.05) is 5.75 Å². The van der Waals surface area contributed by atoms with E-state index in [0.29, 0.717) is 6.42 Å². The molecular weight excluding hydrogens is 276 g/mol. The molecule has 1 atom stereocenters. The molecule has 0 bridgehead atoms. The summed E-state index contributed by atoms with van der Waals surface area (Å²) in [6, 6.07) is 13.4. The normalized spacial score (nSPS) is 13.9. The van der Waals surface area contributed by atoms with E-state index in [-0.39, 0.29) is 0 Å². The molecule has 1 aromatic heterocycles. The van der Waals surface area contributed by atoms with Crippen LogP contribution in [0, 0.1) is 0 Å². The highest BCUT2D eigenvalue weighted by molar-refractivity contribution is 8.01. The Hall–Kier alpha value is -1.30. The van der Waals surface area contributed by atoms with E-state index in [1.165, 1.54) is 4.21 Å². The third-order valence-corrected chi connectivity index (χ3v) is 5.10. The SMILES string of the molecule is NC(=O)C(N)(CCSc1cccs1)c1ccccc1. The number of benzene rings is 1. The zero-order chi connectivity index (χ0) is 13.7. The lowest BCUT2D eigenvalue weighted by Crippen LogP contribution is -2.49. The first kappa shape index (κ1) is 14.1. The van der Waals surface area contributed by atoms with Gasteiger partial charge >= 0.3 is 0 Å². The molecule has 1 unspecified atom stereocenters. The first-order valence-corrected chi connectivity index (χ1v) is 7.80. The number of thiophene rings is 1. The minimum atomic E-state index is -1.09. The van der Waals surface area contributed by atoms with Crippen molar-refractivity contribution >= 4 is 29.0 Å². The number of thioether (sulfide) groups is 1. The molecule has 3 nitrogen and oxygen atoms in total. The summed E-state index contributed by atoms with van der Waals surface area (Å²) in [5.74, 6) is 0.278. The molecular formula is C14H16N2OS2. The molecule has 1 heterocycles. The number of nitrogens with two attached hydrogens (primary N) is 2. The van der Waals surface area contributed by atoms with Gasteiger partial charge in [-0.25, -0.2) is 0 Å². The Morgan fingerprint density at radius 3 is 2.53 bits per heavy atom. The van der Waals surface area contributed by atoms with Crippen LogP contribution in [0.3, 0.4) is 0 Å². The van der Waals surface area contributed by atoms with Crippen LogP contribution in [0.4, 0.5) is 0 Å². The summed E-state index contributed by atoms with van der Waals surface area (Å²) >= 11 is 3.38. The molecule has 19 heavy (non-hydrogen) atoms. The Morgan fingerprint density at radius 2 is 1.95 bits per heavy atom. The molecule has 0 aliphatic carbocycles. The molecule has 0 spiro atoms. The molecule has 0 aliphatic rings. The second kappa shape index (κ2) is 6.23. The van der Waals surface area contributed by atoms with Crippen molar-refractivity contribution in [3.05, 3.63) is 53.4 Å². The number of hydrogen-bond acceptors (Lipinski definition) is 4. The van der Waals surface area contributed by atoms with Gasteiger partial charge in [0.2, 0.25) is 5.91 Å². The van der Waals surface area contributed by atoms with Crippen LogP contribution in [0.2, 0.25) is 0 Å². The number of carbonyl (C=O) groups excluding carboxylic acids is 1. The van der Waals surface area contributed by atoms with Gasteiger partial charge in [-0.05, 0) is 23.4 Å². The number of rotatable bonds is 6. The van der Waals surface area contributed by atoms with Crippen molar-refractivity contribution in [1.82, 2.24) is 0 Å². The monoisotopic (exact) mass is 292 g/mol. The van der Waals surface area contributed by atoms with Gasteiger partial charge < -0.3 is 11.5 Å². The van der Waals surface area contributed by atoms with Crippen LogP contribution in [-0.2, 0) is 10.3 Å². The van der Waals surface area contributed by atoms with Crippen molar-refractivity contribution in [1.29, 1.82) is 0 Å². The van der Waals surface area contributed by atoms with Crippen LogP contribution in [0.25, 0.3) is 0 Å². The highest BCUT2D eigenvalue weighted by atomic mass is 32.2. The Bertz CT molecular complexity index is 528. The second-order valence-electron chi connectivity index (χ2n) is 4.23. The van der Waals surface area contributed by atoms with E-state index in [4.69, 9.17) is 11.5 Å². The minimum Gasteiger partial charge on any atom is -0.368 e. The van der Waals surface area contributed by atoms with E-state index in [1.807, 2.05) is 41.8 Å². The van der Waals surface area contributed by atoms with Crippen molar-refractivity contribution < 1.29 is 4.79 Å². The van der Waals surface area contributed by atoms with Crippen LogP contribution in [0.15, 0.2) is 52.1 Å². The van der Waals surface area contributed by atoms with Gasteiger partial charge in [0, 0.05) is 5.75 Å². The summed E-state index contributed by atoms with van der Waals surface area (Å²) in [5.41, 5.74) is 11.4. The first-order chi connectivity index (χ1) is 9.13. The predicted molar refractivity (Wildman–Crippen MR) is 81.2 cm³/mol. The number of amides is 1. The largest absolute Gasteiger partial charge is 0.368 e. The van der Waals surface area contributed by atoms with Gasteiger partial charge in [-0.2, -0.15) is 0 Å². The van der Waals surface area contributed by atoms with E-state index in [0.717, 1.165) is 11.3 Å². The highest BCUT2D eigenvalue weighted by Crippen LogP contribution is 2.29. The molecule has 100 valence electrons. The zero-order valence-corrected chi connectivity index (χ0v) is 12.0. The summed E-state index contributed by atoms with van der Waals surface area (Å²) in [7, 11) is 0. The van der Waals surface area contributed by atoms with Gasteiger partial charge in [-0.1, -0.05) is 36.4 Å². The Balaban J connectivity index is 2.06. The highest BCUT2D eigenvalue weighted by Gasteiger charge is 2.33. The molecule has 1 aromatic carbocycles. The summed E-state index contributed by atoms with van der Waals surface area (Å²) in [6.07, 6.45) is 0.523. The van der Waals surface area contributed by atoms with Gasteiger partial charge in [0.05, 0.1) is 4.21 Å². The Morgan fingerprint density at radius 1 is 1.21 bits per heavy atom. The van der Waals surface area contributed by atoms with Gasteiger partial charge in [-0.15, -0.1) is 23.1 Å². The molecule has 0 saturated carbocycles. The lowest BCUT2D eigenvalue weighted by Gasteiger charge is -2.26. The van der Waals surface area contributed by atoms with E-state index in [2.05, 4.69) is 6.07 Å². The predicted octanol–water partition coefficient (Wildman–Crippen LogP) is 2.57. The molecule has 0 radical (unpaired) electrons. The average Bonchev–Trinajstić information content (AvgIpc) is 2.92. The topological polar surface area (TPSA) is 69.1 Å². The maximum absolute atomic E-state index is 11.7. The fourth-order valence-corrected chi connectivity index (χ4v) is 3.74. The molecule has 0 saturated heterocycles. The summed E-state index contributed by atoms with van der Waals surface area (Å²) in [4.78, 5) is 11.7. The Kier molecular flexibility index (Phi) is 4.63. The molecule has 0 aliphatic heterocycles. The van der Waals surface area contributed by atoms with Crippen LogP contribution in [0.5, 0.6) is 0 Å². The molecule has 1 amide bonds. The molecule has 2 rings (SSSR count). The minimum absolute atomic E-state index is 0.481. The number of hydrogen-bond donors (Lipinski definition) is 2. The van der Waals surface area contributed by atoms with Crippen molar-refractivity contribution in [3.8, 4) is 0 Å². The maximum atomic E-state index is 11.7. The summed E-state index contributed by atoms with van der Waals surface area (Å²) in [6.45, 7) is 0. The molecule has 2 aromatic rings. The third kappa shape index (κ3) is 3.37. The summed E-state index contributed by atoms with van der Waals surface area (Å²) < 4.78 is 1.22. The van der Waals surface area contributed by atoms with E-state index in [1.54, 1.807) is 23.1 Å². The lowest BCUT2D eigenvalue weighted by atomic mass is 9.88. The Labute approximate surface area is 121 Å². The van der Waals surface area contributed by atoms with E-state index in [9.17, 15) is 4.79 Å². The lowest BCUT2D eigenvalue weighted by molar-refractivity contribution is -0.123. The van der Waals surface area contributed by atoms with Crippen LogP contribution >= 0.6 is 23.1 Å². The average molecular weight is 292 g/mol. The fraction of sp³-hybridized carbons (Fsp3) is 0.214. The fourth-order valence-electron chi connectivity index (χ4n) is 1.80. The maximum Gasteiger partial charge on any atom is 0.242 e. The first-order valence-electron chi connectivity index (χ1n) is 5.93. The van der Waals surface area contributed by atoms with E-state index >= 15 is 0 Å². The van der Waals surface area contributed by atoms with Gasteiger partial charge in [-0.3, -0.25) is 4.79 Å². The van der Waals surface area contributed by atoms with Crippen LogP contribution in [0.1, 0.15) is 12.0 Å². The number of primary amides is 1. The van der Waals surface area contributed by atoms with Gasteiger partial charge in [0.25, 0.3) is 0 Å². The molecule has 5 heteroatoms. The van der Waals surface area contributed by atoms with Gasteiger partial charge in [0.1, 0.15) is 5.54 Å². The van der Waals surface area contributed by atoms with E-state index < -0.39 is 11.4 Å². The van der Waals surface area contributed by atoms with Crippen molar-refractivity contribution in [2.45, 2.75) is 16.2 Å². The second-order valence-corrected chi connectivity index (χ2v) is 6.58. The van der Waals surface area contributed by atoms with Crippen molar-refractivity contribution in [2.24, 2.45) is 11.5 Å². The van der Waals surface area contributed by atoms with Crippen LogP contribution < -0.4 is 11.5 Å². The standard InChI is InChI=1S/C14H16N2OS2/c15-13(17)14(16,11-5-2-1-3-6-11)8-10-19-12-7-4-9-18-12/h1-7,9H,8,10,16H2,(H2,15,17). The van der Waals surface area contributed by atoms with Crippen LogP contribution in [-0.4, -0.2) is 11.7 Å². The molecule has 4 N–H and O–H groups in total. The quantitative estimate of drug-likeness (QED) is 0.804. The molecule has 0 fully saturated rings. The van der Waals surface area contributed by atoms with Gasteiger partial charge in [0.15, 0.2) is 0 Å². The number of carbonyl (C=O) groups is 1.